The highest BCUT2D eigenvalue weighted by Gasteiger charge is 2.34. The zero-order valence-electron chi connectivity index (χ0n) is 23.4. The molecule has 0 bridgehead atoms. The van der Waals surface area contributed by atoms with Crippen molar-refractivity contribution in [2.24, 2.45) is 0 Å². The fraction of sp³-hybridized carbons (Fsp3) is 0.312. The van der Waals surface area contributed by atoms with Crippen LogP contribution in [-0.4, -0.2) is 36.6 Å². The smallest absolute Gasteiger partial charge is 0.253 e. The highest BCUT2D eigenvalue weighted by atomic mass is 19.1. The number of fused-ring (bicyclic) bond motifs is 1. The number of nitrogens with one attached hydrogen (secondary N) is 1. The number of benzene rings is 3. The zero-order chi connectivity index (χ0) is 28.3. The van der Waals surface area contributed by atoms with E-state index in [0.717, 1.165) is 34.9 Å². The standard InChI is InChI=1S/C32H35FN6O/c1-5-32(3,4)39-30(35-36-37-39)29(27-20-25-14-11-22(2)19-28(25)34-31(27)40)38(18-17-23-9-7-6-8-10-23)21-24-12-15-26(33)16-13-24/h6-16,19-20,29H,5,17-18,21H2,1-4H3,(H,34,40)/t29-/m0/s1. The zero-order valence-corrected chi connectivity index (χ0v) is 23.4. The lowest BCUT2D eigenvalue weighted by Gasteiger charge is -2.33. The van der Waals surface area contributed by atoms with E-state index in [2.05, 4.69) is 58.3 Å². The molecule has 1 atom stereocenters. The first-order chi connectivity index (χ1) is 19.2. The minimum absolute atomic E-state index is 0.184. The second-order valence-corrected chi connectivity index (χ2v) is 11.0. The molecule has 3 aromatic carbocycles. The summed E-state index contributed by atoms with van der Waals surface area (Å²) in [7, 11) is 0. The molecule has 0 fully saturated rings. The van der Waals surface area contributed by atoms with Gasteiger partial charge in [-0.05, 0) is 90.4 Å². The molecule has 5 rings (SSSR count). The van der Waals surface area contributed by atoms with Gasteiger partial charge in [-0.15, -0.1) is 5.10 Å². The largest absolute Gasteiger partial charge is 0.322 e. The Balaban J connectivity index is 1.68. The number of rotatable bonds is 10. The van der Waals surface area contributed by atoms with E-state index in [-0.39, 0.29) is 16.9 Å². The summed E-state index contributed by atoms with van der Waals surface area (Å²) in [5.41, 5.74) is 3.98. The predicted molar refractivity (Wildman–Crippen MR) is 156 cm³/mol. The Kier molecular flexibility index (Phi) is 7.89. The fourth-order valence-corrected chi connectivity index (χ4v) is 5.02. The second-order valence-electron chi connectivity index (χ2n) is 11.0. The van der Waals surface area contributed by atoms with Crippen LogP contribution in [0.1, 0.15) is 61.3 Å². The lowest BCUT2D eigenvalue weighted by atomic mass is 9.98. The number of nitrogens with zero attached hydrogens (tertiary/aromatic N) is 5. The molecule has 0 saturated heterocycles. The first kappa shape index (κ1) is 27.4. The van der Waals surface area contributed by atoms with E-state index in [1.54, 1.807) is 12.1 Å². The molecule has 7 nitrogen and oxygen atoms in total. The van der Waals surface area contributed by atoms with Crippen molar-refractivity contribution in [1.82, 2.24) is 30.1 Å². The van der Waals surface area contributed by atoms with Gasteiger partial charge in [0.1, 0.15) is 11.9 Å². The number of aromatic amines is 1. The Morgan fingerprint density at radius 1 is 1.00 bits per heavy atom. The van der Waals surface area contributed by atoms with Crippen LogP contribution in [0.2, 0.25) is 0 Å². The number of hydrogen-bond donors (Lipinski definition) is 1. The third-order valence-corrected chi connectivity index (χ3v) is 7.70. The van der Waals surface area contributed by atoms with Crippen molar-refractivity contribution >= 4 is 10.9 Å². The SMILES string of the molecule is CCC(C)(C)n1nnnc1[C@H](c1cc2ccc(C)cc2[nH]c1=O)N(CCc1ccccc1)Cc1ccc(F)cc1. The van der Waals surface area contributed by atoms with Crippen LogP contribution >= 0.6 is 0 Å². The van der Waals surface area contributed by atoms with Gasteiger partial charge in [-0.2, -0.15) is 0 Å². The van der Waals surface area contributed by atoms with Gasteiger partial charge < -0.3 is 4.98 Å². The van der Waals surface area contributed by atoms with Crippen LogP contribution in [0.15, 0.2) is 83.7 Å². The lowest BCUT2D eigenvalue weighted by Crippen LogP contribution is -2.39. The number of pyridine rings is 1. The number of tetrazole rings is 1. The molecule has 206 valence electrons. The van der Waals surface area contributed by atoms with Gasteiger partial charge in [-0.1, -0.05) is 61.5 Å². The molecule has 5 aromatic rings. The van der Waals surface area contributed by atoms with Gasteiger partial charge in [0.05, 0.1) is 5.54 Å². The summed E-state index contributed by atoms with van der Waals surface area (Å²) in [4.78, 5) is 19.1. The van der Waals surface area contributed by atoms with Crippen molar-refractivity contribution in [1.29, 1.82) is 0 Å². The first-order valence-electron chi connectivity index (χ1n) is 13.7. The minimum atomic E-state index is -0.552. The monoisotopic (exact) mass is 538 g/mol. The maximum absolute atomic E-state index is 13.8. The van der Waals surface area contributed by atoms with Crippen molar-refractivity contribution < 1.29 is 4.39 Å². The van der Waals surface area contributed by atoms with Crippen molar-refractivity contribution in [2.75, 3.05) is 6.54 Å². The average molecular weight is 539 g/mol. The molecule has 0 aliphatic heterocycles. The summed E-state index contributed by atoms with van der Waals surface area (Å²) in [6.45, 7) is 9.37. The van der Waals surface area contributed by atoms with Crippen LogP contribution < -0.4 is 5.56 Å². The number of H-pyrrole nitrogens is 1. The molecule has 0 unspecified atom stereocenters. The molecular weight excluding hydrogens is 503 g/mol. The van der Waals surface area contributed by atoms with Crippen LogP contribution in [0.25, 0.3) is 10.9 Å². The van der Waals surface area contributed by atoms with E-state index in [9.17, 15) is 9.18 Å². The molecule has 0 saturated carbocycles. The van der Waals surface area contributed by atoms with Crippen LogP contribution in [0.3, 0.4) is 0 Å². The van der Waals surface area contributed by atoms with E-state index in [1.165, 1.54) is 17.7 Å². The Hall–Kier alpha value is -4.17. The number of aromatic nitrogens is 5. The third kappa shape index (κ3) is 5.87. The van der Waals surface area contributed by atoms with Crippen LogP contribution in [0.4, 0.5) is 4.39 Å². The maximum atomic E-state index is 13.8. The number of aryl methyl sites for hydroxylation is 1. The Morgan fingerprint density at radius 3 is 2.48 bits per heavy atom. The molecule has 40 heavy (non-hydrogen) atoms. The van der Waals surface area contributed by atoms with Crippen LogP contribution in [0, 0.1) is 12.7 Å². The van der Waals surface area contributed by atoms with Gasteiger partial charge in [0.2, 0.25) is 0 Å². The second kappa shape index (κ2) is 11.5. The van der Waals surface area contributed by atoms with Crippen LogP contribution in [-0.2, 0) is 18.5 Å². The normalized spacial score (nSPS) is 12.8. The van der Waals surface area contributed by atoms with Gasteiger partial charge in [-0.25, -0.2) is 9.07 Å². The molecule has 2 heterocycles. The molecule has 0 spiro atoms. The molecule has 0 aliphatic carbocycles. The van der Waals surface area contributed by atoms with Crippen molar-refractivity contribution in [3.63, 3.8) is 0 Å². The van der Waals surface area contributed by atoms with Gasteiger partial charge in [-0.3, -0.25) is 9.69 Å². The quantitative estimate of drug-likeness (QED) is 0.238. The molecule has 1 N–H and O–H groups in total. The van der Waals surface area contributed by atoms with Gasteiger partial charge >= 0.3 is 0 Å². The van der Waals surface area contributed by atoms with Gasteiger partial charge in [0, 0.05) is 24.2 Å². The Morgan fingerprint density at radius 2 is 1.75 bits per heavy atom. The van der Waals surface area contributed by atoms with E-state index >= 15 is 0 Å². The molecule has 0 radical (unpaired) electrons. The van der Waals surface area contributed by atoms with Crippen molar-refractivity contribution in [3.8, 4) is 0 Å². The first-order valence-corrected chi connectivity index (χ1v) is 13.7. The Labute approximate surface area is 233 Å². The van der Waals surface area contributed by atoms with E-state index in [4.69, 9.17) is 0 Å². The Bertz CT molecular complexity index is 1640. The summed E-state index contributed by atoms with van der Waals surface area (Å²) in [6.07, 6.45) is 1.55. The van der Waals surface area contributed by atoms with Crippen molar-refractivity contribution in [2.45, 2.75) is 58.7 Å². The topological polar surface area (TPSA) is 79.7 Å². The third-order valence-electron chi connectivity index (χ3n) is 7.70. The predicted octanol–water partition coefficient (Wildman–Crippen LogP) is 5.94. The molecular formula is C32H35FN6O. The average Bonchev–Trinajstić information content (AvgIpc) is 3.44. The molecule has 8 heteroatoms. The molecule has 0 amide bonds. The van der Waals surface area contributed by atoms with E-state index in [0.29, 0.717) is 24.5 Å². The van der Waals surface area contributed by atoms with Gasteiger partial charge in [0.15, 0.2) is 5.82 Å². The van der Waals surface area contributed by atoms with E-state index < -0.39 is 6.04 Å². The van der Waals surface area contributed by atoms with E-state index in [1.807, 2.05) is 54.1 Å². The summed E-state index contributed by atoms with van der Waals surface area (Å²) in [6, 6.07) is 24.2. The summed E-state index contributed by atoms with van der Waals surface area (Å²) in [5, 5.41) is 13.9. The maximum Gasteiger partial charge on any atom is 0.253 e. The van der Waals surface area contributed by atoms with Gasteiger partial charge in [0.25, 0.3) is 5.56 Å². The van der Waals surface area contributed by atoms with Crippen LogP contribution in [0.5, 0.6) is 0 Å². The fourth-order valence-electron chi connectivity index (χ4n) is 5.02. The summed E-state index contributed by atoms with van der Waals surface area (Å²) in [5.74, 6) is 0.310. The van der Waals surface area contributed by atoms with Crippen molar-refractivity contribution in [3.05, 3.63) is 123 Å². The highest BCUT2D eigenvalue weighted by molar-refractivity contribution is 5.79. The summed E-state index contributed by atoms with van der Waals surface area (Å²) >= 11 is 0. The molecule has 2 aromatic heterocycles. The number of halogens is 1. The summed E-state index contributed by atoms with van der Waals surface area (Å²) < 4.78 is 15.6. The minimum Gasteiger partial charge on any atom is -0.322 e. The molecule has 0 aliphatic rings. The lowest BCUT2D eigenvalue weighted by molar-refractivity contribution is 0.190. The highest BCUT2D eigenvalue weighted by Crippen LogP contribution is 2.32. The number of hydrogen-bond acceptors (Lipinski definition) is 5.